The molecule has 7 heteroatoms. The van der Waals surface area contributed by atoms with Crippen LogP contribution in [0.2, 0.25) is 5.02 Å². The lowest BCUT2D eigenvalue weighted by Gasteiger charge is -2.25. The Morgan fingerprint density at radius 3 is 2.59 bits per heavy atom. The van der Waals surface area contributed by atoms with Crippen molar-refractivity contribution in [3.63, 3.8) is 0 Å². The summed E-state index contributed by atoms with van der Waals surface area (Å²) in [6.45, 7) is 1.80. The van der Waals surface area contributed by atoms with Crippen LogP contribution in [0.25, 0.3) is 0 Å². The van der Waals surface area contributed by atoms with E-state index < -0.39 is 18.5 Å². The van der Waals surface area contributed by atoms with Gasteiger partial charge in [0.25, 0.3) is 0 Å². The Hall–Kier alpha value is -2.86. The zero-order valence-corrected chi connectivity index (χ0v) is 17.0. The molecule has 0 spiro atoms. The van der Waals surface area contributed by atoms with E-state index in [1.165, 1.54) is 13.2 Å². The van der Waals surface area contributed by atoms with Gasteiger partial charge in [0.15, 0.2) is 12.4 Å². The number of halogens is 1. The zero-order chi connectivity index (χ0) is 21.0. The number of esters is 1. The van der Waals surface area contributed by atoms with Crippen molar-refractivity contribution < 1.29 is 23.9 Å². The van der Waals surface area contributed by atoms with Crippen molar-refractivity contribution in [1.82, 2.24) is 4.90 Å². The van der Waals surface area contributed by atoms with Crippen molar-refractivity contribution in [2.24, 2.45) is 5.92 Å². The van der Waals surface area contributed by atoms with Gasteiger partial charge < -0.3 is 14.4 Å². The summed E-state index contributed by atoms with van der Waals surface area (Å²) < 4.78 is 10.2. The lowest BCUT2D eigenvalue weighted by Crippen LogP contribution is -2.30. The highest BCUT2D eigenvalue weighted by molar-refractivity contribution is 6.32. The summed E-state index contributed by atoms with van der Waals surface area (Å²) in [6, 6.07) is 14.1. The van der Waals surface area contributed by atoms with E-state index in [0.717, 1.165) is 5.56 Å². The molecule has 1 amide bonds. The maximum Gasteiger partial charge on any atom is 0.311 e. The van der Waals surface area contributed by atoms with Crippen molar-refractivity contribution in [1.29, 1.82) is 0 Å². The van der Waals surface area contributed by atoms with Gasteiger partial charge in [-0.25, -0.2) is 0 Å². The molecule has 2 aromatic carbocycles. The van der Waals surface area contributed by atoms with E-state index in [9.17, 15) is 14.4 Å². The number of carbonyl (C=O) groups excluding carboxylic acids is 3. The molecule has 0 N–H and O–H groups in total. The Bertz CT molecular complexity index is 915. The normalized spacial score (nSPS) is 17.1. The van der Waals surface area contributed by atoms with Gasteiger partial charge in [0.1, 0.15) is 5.75 Å². The first-order chi connectivity index (χ1) is 13.9. The Morgan fingerprint density at radius 2 is 1.93 bits per heavy atom. The molecule has 152 valence electrons. The highest BCUT2D eigenvalue weighted by Gasteiger charge is 2.38. The van der Waals surface area contributed by atoms with E-state index in [2.05, 4.69) is 0 Å². The SMILES string of the molecule is COc1ccc(C(=O)COC(=O)[C@H]2CC(=O)N([C@H](C)c3ccccc3)C2)cc1Cl. The van der Waals surface area contributed by atoms with Crippen molar-refractivity contribution in [3.05, 3.63) is 64.7 Å². The van der Waals surface area contributed by atoms with Crippen molar-refractivity contribution in [2.45, 2.75) is 19.4 Å². The molecular weight excluding hydrogens is 394 g/mol. The van der Waals surface area contributed by atoms with Crippen LogP contribution >= 0.6 is 11.6 Å². The zero-order valence-electron chi connectivity index (χ0n) is 16.3. The molecule has 0 bridgehead atoms. The average molecular weight is 416 g/mol. The molecule has 0 aromatic heterocycles. The quantitative estimate of drug-likeness (QED) is 0.509. The van der Waals surface area contributed by atoms with Gasteiger partial charge in [0.05, 0.1) is 24.1 Å². The third-order valence-corrected chi connectivity index (χ3v) is 5.36. The average Bonchev–Trinajstić information content (AvgIpc) is 3.13. The minimum absolute atomic E-state index is 0.0819. The standard InChI is InChI=1S/C22H22ClNO5/c1-14(15-6-4-3-5-7-15)24-12-17(11-21(24)26)22(27)29-13-19(25)16-8-9-20(28-2)18(23)10-16/h3-10,14,17H,11-13H2,1-2H3/t14-,17+/m1/s1. The molecular formula is C22H22ClNO5. The van der Waals surface area contributed by atoms with Crippen LogP contribution in [0.4, 0.5) is 0 Å². The van der Waals surface area contributed by atoms with Crippen LogP contribution in [0.15, 0.2) is 48.5 Å². The van der Waals surface area contributed by atoms with Crippen LogP contribution in [0.3, 0.4) is 0 Å². The molecule has 0 saturated carbocycles. The Labute approximate surface area is 174 Å². The van der Waals surface area contributed by atoms with Crippen molar-refractivity contribution in [3.8, 4) is 5.75 Å². The molecule has 0 aliphatic carbocycles. The van der Waals surface area contributed by atoms with Crippen LogP contribution in [0.5, 0.6) is 5.75 Å². The number of hydrogen-bond donors (Lipinski definition) is 0. The molecule has 6 nitrogen and oxygen atoms in total. The first-order valence-corrected chi connectivity index (χ1v) is 9.66. The van der Waals surface area contributed by atoms with Gasteiger partial charge in [-0.3, -0.25) is 14.4 Å². The van der Waals surface area contributed by atoms with Gasteiger partial charge in [-0.1, -0.05) is 41.9 Å². The van der Waals surface area contributed by atoms with Gasteiger partial charge in [0, 0.05) is 18.5 Å². The van der Waals surface area contributed by atoms with Gasteiger partial charge in [-0.2, -0.15) is 0 Å². The number of amides is 1. The topological polar surface area (TPSA) is 72.9 Å². The molecule has 1 saturated heterocycles. The first kappa shape index (κ1) is 20.9. The Balaban J connectivity index is 1.57. The Kier molecular flexibility index (Phi) is 6.54. The number of rotatable bonds is 7. The van der Waals surface area contributed by atoms with Crippen LogP contribution in [-0.4, -0.2) is 42.8 Å². The van der Waals surface area contributed by atoms with Crippen molar-refractivity contribution in [2.75, 3.05) is 20.3 Å². The molecule has 3 rings (SSSR count). The third kappa shape index (κ3) is 4.77. The monoisotopic (exact) mass is 415 g/mol. The lowest BCUT2D eigenvalue weighted by molar-refractivity contribution is -0.147. The maximum absolute atomic E-state index is 12.4. The smallest absolute Gasteiger partial charge is 0.311 e. The van der Waals surface area contributed by atoms with E-state index in [-0.39, 0.29) is 30.7 Å². The first-order valence-electron chi connectivity index (χ1n) is 9.28. The largest absolute Gasteiger partial charge is 0.495 e. The number of hydrogen-bond acceptors (Lipinski definition) is 5. The fourth-order valence-corrected chi connectivity index (χ4v) is 3.61. The molecule has 1 heterocycles. The predicted octanol–water partition coefficient (Wildman–Crippen LogP) is 3.68. The third-order valence-electron chi connectivity index (χ3n) is 5.06. The number of likely N-dealkylation sites (tertiary alicyclic amines) is 1. The second kappa shape index (κ2) is 9.09. The summed E-state index contributed by atoms with van der Waals surface area (Å²) in [5, 5.41) is 0.302. The summed E-state index contributed by atoms with van der Waals surface area (Å²) in [6.07, 6.45) is 0.0819. The maximum atomic E-state index is 12.4. The molecule has 29 heavy (non-hydrogen) atoms. The highest BCUT2D eigenvalue weighted by Crippen LogP contribution is 2.29. The van der Waals surface area contributed by atoms with E-state index in [1.54, 1.807) is 17.0 Å². The van der Waals surface area contributed by atoms with Crippen LogP contribution < -0.4 is 4.74 Å². The molecule has 1 fully saturated rings. The van der Waals surface area contributed by atoms with E-state index in [1.807, 2.05) is 37.3 Å². The van der Waals surface area contributed by atoms with Crippen LogP contribution in [-0.2, 0) is 14.3 Å². The number of ketones is 1. The number of carbonyl (C=O) groups is 3. The molecule has 2 atom stereocenters. The van der Waals surface area contributed by atoms with E-state index >= 15 is 0 Å². The van der Waals surface area contributed by atoms with Gasteiger partial charge in [-0.05, 0) is 30.7 Å². The molecule has 1 aliphatic rings. The van der Waals surface area contributed by atoms with Crippen molar-refractivity contribution >= 4 is 29.3 Å². The predicted molar refractivity (Wildman–Crippen MR) is 108 cm³/mol. The second-order valence-electron chi connectivity index (χ2n) is 6.91. The fraction of sp³-hybridized carbons (Fsp3) is 0.318. The van der Waals surface area contributed by atoms with Gasteiger partial charge in [-0.15, -0.1) is 0 Å². The minimum atomic E-state index is -0.582. The number of ether oxygens (including phenoxy) is 2. The summed E-state index contributed by atoms with van der Waals surface area (Å²) in [7, 11) is 1.48. The summed E-state index contributed by atoms with van der Waals surface area (Å²) >= 11 is 6.02. The molecule has 1 aliphatic heterocycles. The Morgan fingerprint density at radius 1 is 1.21 bits per heavy atom. The molecule has 2 aromatic rings. The molecule has 0 unspecified atom stereocenters. The summed E-state index contributed by atoms with van der Waals surface area (Å²) in [5.74, 6) is -1.15. The van der Waals surface area contributed by atoms with E-state index in [0.29, 0.717) is 16.3 Å². The number of Topliss-reactive ketones (excluding diaryl/α,β-unsaturated/α-hetero) is 1. The lowest BCUT2D eigenvalue weighted by atomic mass is 10.1. The fourth-order valence-electron chi connectivity index (χ4n) is 3.35. The van der Waals surface area contributed by atoms with Crippen LogP contribution in [0, 0.1) is 5.92 Å². The highest BCUT2D eigenvalue weighted by atomic mass is 35.5. The molecule has 0 radical (unpaired) electrons. The minimum Gasteiger partial charge on any atom is -0.495 e. The van der Waals surface area contributed by atoms with Gasteiger partial charge >= 0.3 is 5.97 Å². The second-order valence-corrected chi connectivity index (χ2v) is 7.32. The van der Waals surface area contributed by atoms with E-state index in [4.69, 9.17) is 21.1 Å². The number of benzene rings is 2. The van der Waals surface area contributed by atoms with Crippen LogP contribution in [0.1, 0.15) is 35.3 Å². The number of nitrogens with zero attached hydrogens (tertiary/aromatic N) is 1. The van der Waals surface area contributed by atoms with Gasteiger partial charge in [0.2, 0.25) is 5.91 Å². The summed E-state index contributed by atoms with van der Waals surface area (Å²) in [4.78, 5) is 38.7. The summed E-state index contributed by atoms with van der Waals surface area (Å²) in [5.41, 5.74) is 1.33. The number of methoxy groups -OCH3 is 1.